The zero-order chi connectivity index (χ0) is 31.8. The molecular formula is C34H35ClN4O6. The Kier molecular flexibility index (Phi) is 8.33. The van der Waals surface area contributed by atoms with Crippen LogP contribution in [0.2, 0.25) is 5.02 Å². The van der Waals surface area contributed by atoms with Crippen molar-refractivity contribution in [3.8, 4) is 28.4 Å². The molecule has 0 spiro atoms. The first kappa shape index (κ1) is 30.3. The second-order valence-corrected chi connectivity index (χ2v) is 11.7. The number of hydrogen-bond acceptors (Lipinski definition) is 7. The van der Waals surface area contributed by atoms with E-state index in [9.17, 15) is 14.4 Å². The first-order valence-corrected chi connectivity index (χ1v) is 15.2. The van der Waals surface area contributed by atoms with E-state index in [2.05, 4.69) is 15.6 Å². The largest absolute Gasteiger partial charge is 0.493 e. The molecule has 1 atom stereocenters. The van der Waals surface area contributed by atoms with Crippen LogP contribution in [0, 0.1) is 0 Å². The fraction of sp³-hybridized carbons (Fsp3) is 0.324. The van der Waals surface area contributed by atoms with Gasteiger partial charge in [0.15, 0.2) is 11.5 Å². The summed E-state index contributed by atoms with van der Waals surface area (Å²) in [6.07, 6.45) is 1.86. The average Bonchev–Trinajstić information content (AvgIpc) is 3.22. The summed E-state index contributed by atoms with van der Waals surface area (Å²) in [6.45, 7) is 2.42. The predicted molar refractivity (Wildman–Crippen MR) is 174 cm³/mol. The van der Waals surface area contributed by atoms with Crippen LogP contribution in [0.15, 0.2) is 47.3 Å². The average molecular weight is 631 g/mol. The number of methoxy groups -OCH3 is 3. The van der Waals surface area contributed by atoms with Crippen molar-refractivity contribution < 1.29 is 23.8 Å². The first-order valence-electron chi connectivity index (χ1n) is 14.8. The van der Waals surface area contributed by atoms with Crippen molar-refractivity contribution in [2.75, 3.05) is 39.7 Å². The molecule has 1 aliphatic heterocycles. The number of aryl methyl sites for hydroxylation is 1. The van der Waals surface area contributed by atoms with E-state index in [0.29, 0.717) is 60.2 Å². The number of nitrogens with one attached hydrogen (secondary N) is 3. The molecule has 2 amide bonds. The molecular weight excluding hydrogens is 596 g/mol. The molecule has 234 valence electrons. The van der Waals surface area contributed by atoms with E-state index in [-0.39, 0.29) is 29.5 Å². The number of aromatic nitrogens is 1. The van der Waals surface area contributed by atoms with Crippen LogP contribution in [-0.2, 0) is 29.0 Å². The van der Waals surface area contributed by atoms with Gasteiger partial charge >= 0.3 is 0 Å². The summed E-state index contributed by atoms with van der Waals surface area (Å²) in [7, 11) is 4.67. The van der Waals surface area contributed by atoms with Gasteiger partial charge in [-0.2, -0.15) is 0 Å². The Hall–Kier alpha value is -4.70. The topological polar surface area (TPSA) is 122 Å². The third-order valence-corrected chi connectivity index (χ3v) is 8.87. The number of carbonyl (C=O) groups is 2. The van der Waals surface area contributed by atoms with Crippen LogP contribution in [0.25, 0.3) is 22.0 Å². The predicted octanol–water partition coefficient (Wildman–Crippen LogP) is 4.99. The monoisotopic (exact) mass is 630 g/mol. The zero-order valence-electron chi connectivity index (χ0n) is 25.6. The van der Waals surface area contributed by atoms with E-state index in [1.54, 1.807) is 32.3 Å². The lowest BCUT2D eigenvalue weighted by Gasteiger charge is -2.27. The van der Waals surface area contributed by atoms with E-state index in [1.165, 1.54) is 13.0 Å². The number of ether oxygens (including phenoxy) is 3. The van der Waals surface area contributed by atoms with Gasteiger partial charge in [0.25, 0.3) is 0 Å². The number of benzene rings is 2. The maximum Gasteiger partial charge on any atom is 0.242 e. The van der Waals surface area contributed by atoms with Crippen LogP contribution in [-0.4, -0.2) is 56.1 Å². The highest BCUT2D eigenvalue weighted by Crippen LogP contribution is 2.50. The van der Waals surface area contributed by atoms with E-state index < -0.39 is 6.04 Å². The molecule has 3 aromatic carbocycles. The Bertz CT molecular complexity index is 1890. The number of aromatic amines is 1. The molecule has 1 aliphatic carbocycles. The molecule has 0 bridgehead atoms. The minimum atomic E-state index is -0.423. The molecule has 0 saturated heterocycles. The van der Waals surface area contributed by atoms with Crippen molar-refractivity contribution in [3.63, 3.8) is 0 Å². The van der Waals surface area contributed by atoms with Gasteiger partial charge in [0.05, 0.1) is 39.6 Å². The molecule has 6 rings (SSSR count). The van der Waals surface area contributed by atoms with E-state index >= 15 is 0 Å². The van der Waals surface area contributed by atoms with Crippen LogP contribution < -0.4 is 30.3 Å². The summed E-state index contributed by atoms with van der Waals surface area (Å²) < 4.78 is 17.1. The highest BCUT2D eigenvalue weighted by Gasteiger charge is 2.30. The highest BCUT2D eigenvalue weighted by atomic mass is 35.5. The third-order valence-electron chi connectivity index (χ3n) is 8.64. The highest BCUT2D eigenvalue weighted by molar-refractivity contribution is 6.31. The molecule has 2 heterocycles. The van der Waals surface area contributed by atoms with Crippen LogP contribution >= 0.6 is 11.6 Å². The summed E-state index contributed by atoms with van der Waals surface area (Å²) in [5, 5.41) is 7.75. The Morgan fingerprint density at radius 1 is 1.02 bits per heavy atom. The van der Waals surface area contributed by atoms with Crippen LogP contribution in [0.1, 0.15) is 41.8 Å². The number of nitrogens with zero attached hydrogens (tertiary/aromatic N) is 1. The molecule has 4 aromatic rings. The van der Waals surface area contributed by atoms with Gasteiger partial charge in [-0.15, -0.1) is 0 Å². The number of carbonyl (C=O) groups excluding carboxylic acids is 2. The van der Waals surface area contributed by atoms with Gasteiger partial charge in [-0.1, -0.05) is 17.7 Å². The van der Waals surface area contributed by atoms with Crippen LogP contribution in [0.5, 0.6) is 17.2 Å². The van der Waals surface area contributed by atoms with E-state index in [0.717, 1.165) is 38.9 Å². The summed E-state index contributed by atoms with van der Waals surface area (Å²) >= 11 is 6.25. The summed E-state index contributed by atoms with van der Waals surface area (Å²) in [6, 6.07) is 12.3. The number of rotatable bonds is 7. The smallest absolute Gasteiger partial charge is 0.242 e. The Morgan fingerprint density at radius 2 is 1.82 bits per heavy atom. The Balaban J connectivity index is 1.33. The molecule has 11 heteroatoms. The minimum Gasteiger partial charge on any atom is -0.493 e. The lowest BCUT2D eigenvalue weighted by atomic mass is 9.95. The van der Waals surface area contributed by atoms with Crippen molar-refractivity contribution >= 4 is 40.0 Å². The van der Waals surface area contributed by atoms with Gasteiger partial charge in [-0.05, 0) is 65.9 Å². The second-order valence-electron chi connectivity index (χ2n) is 11.3. The van der Waals surface area contributed by atoms with E-state index in [1.807, 2.05) is 30.3 Å². The van der Waals surface area contributed by atoms with Gasteiger partial charge in [-0.25, -0.2) is 0 Å². The quantitative estimate of drug-likeness (QED) is 0.263. The molecule has 3 N–H and O–H groups in total. The normalized spacial score (nSPS) is 15.3. The lowest BCUT2D eigenvalue weighted by molar-refractivity contribution is -0.130. The molecule has 0 saturated carbocycles. The van der Waals surface area contributed by atoms with Gasteiger partial charge in [0.2, 0.25) is 23.0 Å². The van der Waals surface area contributed by atoms with Crippen LogP contribution in [0.3, 0.4) is 0 Å². The summed E-state index contributed by atoms with van der Waals surface area (Å²) in [5.41, 5.74) is 6.22. The first-order chi connectivity index (χ1) is 21.7. The van der Waals surface area contributed by atoms with Crippen LogP contribution in [0.4, 0.5) is 5.69 Å². The van der Waals surface area contributed by atoms with E-state index in [4.69, 9.17) is 25.8 Å². The standard InChI is InChI=1S/C34H35ClN4O6/c1-18(40)37-25-8-5-19-13-30(43-2)33(44-3)34(45-4)32(19)21-7-10-28(29(41)15-23(21)25)36-16-31(42)39-12-11-27-24(17-39)22-14-20(35)6-9-26(22)38-27/h6-7,9-10,13-15,25,38H,5,8,11-12,16-17H2,1-4H3,(H,36,41)(H,37,40). The Morgan fingerprint density at radius 3 is 2.56 bits per heavy atom. The maximum atomic E-state index is 13.6. The molecule has 0 fully saturated rings. The fourth-order valence-electron chi connectivity index (χ4n) is 6.54. The molecule has 45 heavy (non-hydrogen) atoms. The number of amides is 2. The second kappa shape index (κ2) is 12.4. The van der Waals surface area contributed by atoms with Crippen molar-refractivity contribution in [1.82, 2.24) is 15.2 Å². The fourth-order valence-corrected chi connectivity index (χ4v) is 6.71. The van der Waals surface area contributed by atoms with Crippen molar-refractivity contribution in [3.05, 3.63) is 80.1 Å². The summed E-state index contributed by atoms with van der Waals surface area (Å²) in [4.78, 5) is 44.5. The zero-order valence-corrected chi connectivity index (χ0v) is 26.4. The molecule has 10 nitrogen and oxygen atoms in total. The minimum absolute atomic E-state index is 0.0532. The van der Waals surface area contributed by atoms with Gasteiger partial charge < -0.3 is 34.7 Å². The van der Waals surface area contributed by atoms with Crippen molar-refractivity contribution in [1.29, 1.82) is 0 Å². The van der Waals surface area contributed by atoms with Crippen molar-refractivity contribution in [2.24, 2.45) is 0 Å². The van der Waals surface area contributed by atoms with Gasteiger partial charge in [0, 0.05) is 59.2 Å². The number of fused-ring (bicyclic) bond motifs is 6. The SMILES string of the molecule is COc1cc2c(c(OC)c1OC)-c1ccc(NCC(=O)N3CCc4[nH]c5ccc(Cl)cc5c4C3)c(=O)cc1C(NC(C)=O)CC2. The Labute approximate surface area is 265 Å². The van der Waals surface area contributed by atoms with Gasteiger partial charge in [-0.3, -0.25) is 14.4 Å². The molecule has 1 unspecified atom stereocenters. The maximum absolute atomic E-state index is 13.6. The number of halogens is 1. The molecule has 1 aromatic heterocycles. The molecule has 2 aliphatic rings. The third kappa shape index (κ3) is 5.66. The van der Waals surface area contributed by atoms with Gasteiger partial charge in [0.1, 0.15) is 0 Å². The lowest BCUT2D eigenvalue weighted by Crippen LogP contribution is -2.39. The van der Waals surface area contributed by atoms with Crippen molar-refractivity contribution in [2.45, 2.75) is 38.8 Å². The molecule has 0 radical (unpaired) electrons. The number of hydrogen-bond donors (Lipinski definition) is 3. The number of anilines is 1. The summed E-state index contributed by atoms with van der Waals surface area (Å²) in [5.74, 6) is 1.11. The number of H-pyrrole nitrogens is 1.